The molecule has 2 heterocycles. The van der Waals surface area contributed by atoms with Crippen molar-refractivity contribution < 1.29 is 42.4 Å². The molecule has 2 N–H and O–H groups in total. The Bertz CT molecular complexity index is 952. The maximum absolute atomic E-state index is 12.6. The average Bonchev–Trinajstić information content (AvgIpc) is 3.33. The van der Waals surface area contributed by atoms with Gasteiger partial charge in [0.2, 0.25) is 0 Å². The summed E-state index contributed by atoms with van der Waals surface area (Å²) in [5.74, 6) is -1.52. The highest BCUT2D eigenvalue weighted by Crippen LogP contribution is 2.47. The van der Waals surface area contributed by atoms with Crippen LogP contribution in [-0.2, 0) is 4.74 Å². The van der Waals surface area contributed by atoms with Crippen LogP contribution in [0.15, 0.2) is 29.6 Å². The fourth-order valence-corrected chi connectivity index (χ4v) is 5.40. The van der Waals surface area contributed by atoms with Crippen LogP contribution < -0.4 is 9.47 Å². The van der Waals surface area contributed by atoms with Gasteiger partial charge in [-0.2, -0.15) is 0 Å². The number of thiazole rings is 1. The second kappa shape index (κ2) is 9.24. The van der Waals surface area contributed by atoms with Gasteiger partial charge in [-0.3, -0.25) is 0 Å². The molecule has 32 heavy (non-hydrogen) atoms. The van der Waals surface area contributed by atoms with Crippen molar-refractivity contribution in [2.24, 2.45) is 11.8 Å². The second-order valence-electron chi connectivity index (χ2n) is 7.88. The lowest BCUT2D eigenvalue weighted by Crippen LogP contribution is -2.31. The molecular formula is C21H22F3NO6S. The molecule has 174 valence electrons. The lowest BCUT2D eigenvalue weighted by Gasteiger charge is -2.34. The lowest BCUT2D eigenvalue weighted by atomic mass is 9.85. The smallest absolute Gasteiger partial charge is 0.490 e. The molecule has 5 atom stereocenters. The molecule has 1 saturated carbocycles. The first-order valence-electron chi connectivity index (χ1n) is 10.2. The third kappa shape index (κ3) is 5.16. The summed E-state index contributed by atoms with van der Waals surface area (Å²) in [6.45, 7) is 0.126. The van der Waals surface area contributed by atoms with Gasteiger partial charge < -0.3 is 24.4 Å². The zero-order valence-electron chi connectivity index (χ0n) is 16.8. The van der Waals surface area contributed by atoms with Crippen LogP contribution in [0.1, 0.15) is 47.3 Å². The Morgan fingerprint density at radius 2 is 2.00 bits per heavy atom. The monoisotopic (exact) mass is 473 g/mol. The van der Waals surface area contributed by atoms with E-state index in [4.69, 9.17) is 14.6 Å². The van der Waals surface area contributed by atoms with Crippen LogP contribution >= 0.6 is 11.3 Å². The number of aliphatic hydroxyl groups is 1. The summed E-state index contributed by atoms with van der Waals surface area (Å²) in [5.41, 5.74) is -0.00742. The summed E-state index contributed by atoms with van der Waals surface area (Å²) < 4.78 is 53.4. The number of carboxylic acids is 1. The topological polar surface area (TPSA) is 98.1 Å². The minimum absolute atomic E-state index is 0.00742. The Morgan fingerprint density at radius 1 is 1.25 bits per heavy atom. The summed E-state index contributed by atoms with van der Waals surface area (Å²) in [4.78, 5) is 15.2. The van der Waals surface area contributed by atoms with Gasteiger partial charge in [-0.15, -0.1) is 24.5 Å². The molecule has 1 aromatic heterocycles. The predicted octanol–water partition coefficient (Wildman–Crippen LogP) is 4.43. The molecule has 0 spiro atoms. The van der Waals surface area contributed by atoms with Crippen molar-refractivity contribution in [3.8, 4) is 11.5 Å². The van der Waals surface area contributed by atoms with Crippen molar-refractivity contribution in [3.05, 3.63) is 40.3 Å². The summed E-state index contributed by atoms with van der Waals surface area (Å²) >= 11 is 1.25. The number of aliphatic hydroxyl groups excluding tert-OH is 1. The van der Waals surface area contributed by atoms with Gasteiger partial charge in [0.1, 0.15) is 11.1 Å². The third-order valence-corrected chi connectivity index (χ3v) is 6.83. The van der Waals surface area contributed by atoms with E-state index >= 15 is 0 Å². The van der Waals surface area contributed by atoms with Crippen molar-refractivity contribution in [1.82, 2.24) is 4.98 Å². The average molecular weight is 473 g/mol. The number of hydrogen-bond acceptors (Lipinski definition) is 7. The number of alkyl halides is 3. The van der Waals surface area contributed by atoms with Crippen molar-refractivity contribution in [2.45, 2.75) is 50.4 Å². The fraction of sp³-hybridized carbons (Fsp3) is 0.524. The zero-order chi connectivity index (χ0) is 22.9. The highest BCUT2D eigenvalue weighted by atomic mass is 32.1. The van der Waals surface area contributed by atoms with E-state index in [1.807, 2.05) is 0 Å². The number of carbonyl (C=O) groups is 1. The molecule has 2 aromatic rings. The van der Waals surface area contributed by atoms with Gasteiger partial charge in [-0.1, -0.05) is 12.1 Å². The number of ether oxygens (including phenoxy) is 3. The largest absolute Gasteiger partial charge is 0.573 e. The van der Waals surface area contributed by atoms with Crippen LogP contribution in [0.25, 0.3) is 0 Å². The van der Waals surface area contributed by atoms with Gasteiger partial charge in [-0.05, 0) is 43.2 Å². The molecule has 1 saturated heterocycles. The van der Waals surface area contributed by atoms with Crippen LogP contribution in [0.4, 0.5) is 13.2 Å². The van der Waals surface area contributed by atoms with Gasteiger partial charge in [-0.25, -0.2) is 9.78 Å². The SMILES string of the molecule is O=C(O)c1csc([C@H]2CC[C@@H]3[C@@H](CCOc4ccccc4OC(F)(F)F)[C@H](O)C[C@@H]3O2)n1. The standard InChI is InChI=1S/C21H22F3NO6S/c22-21(23,24)31-16-4-2-1-3-15(16)29-8-7-11-12-5-6-17(30-18(12)9-14(11)26)19-25-13(10-32-19)20(27)28/h1-4,10-12,14,17-18,26H,5-9H2,(H,27,28)/t11-,12-,14-,17-,18+/m1/s1. The second-order valence-corrected chi connectivity index (χ2v) is 8.77. The van der Waals surface area contributed by atoms with Gasteiger partial charge in [0.15, 0.2) is 17.2 Å². The molecule has 0 amide bonds. The number of halogens is 3. The predicted molar refractivity (Wildman–Crippen MR) is 107 cm³/mol. The van der Waals surface area contributed by atoms with Gasteiger partial charge in [0.25, 0.3) is 0 Å². The number of nitrogens with zero attached hydrogens (tertiary/aromatic N) is 1. The lowest BCUT2D eigenvalue weighted by molar-refractivity contribution is -0.275. The van der Waals surface area contributed by atoms with Crippen molar-refractivity contribution >= 4 is 17.3 Å². The van der Waals surface area contributed by atoms with Crippen molar-refractivity contribution in [2.75, 3.05) is 6.61 Å². The molecule has 1 aliphatic carbocycles. The first-order chi connectivity index (χ1) is 15.2. The molecule has 1 aliphatic heterocycles. The molecule has 0 bridgehead atoms. The molecule has 7 nitrogen and oxygen atoms in total. The zero-order valence-corrected chi connectivity index (χ0v) is 17.6. The van der Waals surface area contributed by atoms with Crippen LogP contribution in [0.5, 0.6) is 11.5 Å². The Hall–Kier alpha value is -2.37. The van der Waals surface area contributed by atoms with Gasteiger partial charge in [0, 0.05) is 11.8 Å². The molecule has 2 aliphatic rings. The summed E-state index contributed by atoms with van der Waals surface area (Å²) in [7, 11) is 0. The van der Waals surface area contributed by atoms with E-state index in [0.717, 1.165) is 6.42 Å². The first kappa shape index (κ1) is 22.8. The van der Waals surface area contributed by atoms with Crippen LogP contribution in [0.3, 0.4) is 0 Å². The molecular weight excluding hydrogens is 451 g/mol. The Labute approximate surface area is 185 Å². The van der Waals surface area contributed by atoms with E-state index in [1.54, 1.807) is 6.07 Å². The van der Waals surface area contributed by atoms with E-state index < -0.39 is 24.2 Å². The molecule has 4 rings (SSSR count). The van der Waals surface area contributed by atoms with Crippen molar-refractivity contribution in [3.63, 3.8) is 0 Å². The maximum atomic E-state index is 12.6. The Morgan fingerprint density at radius 3 is 2.69 bits per heavy atom. The van der Waals surface area contributed by atoms with Crippen LogP contribution in [0, 0.1) is 11.8 Å². The summed E-state index contributed by atoms with van der Waals surface area (Å²) in [6.07, 6.45) is -3.59. The van der Waals surface area contributed by atoms with E-state index in [9.17, 15) is 23.1 Å². The number of aromatic carboxylic acids is 1. The van der Waals surface area contributed by atoms with E-state index in [2.05, 4.69) is 9.72 Å². The normalized spacial score (nSPS) is 27.7. The highest BCUT2D eigenvalue weighted by Gasteiger charge is 2.46. The maximum Gasteiger partial charge on any atom is 0.573 e. The van der Waals surface area contributed by atoms with Gasteiger partial charge in [0.05, 0.1) is 18.8 Å². The molecule has 2 fully saturated rings. The molecule has 0 unspecified atom stereocenters. The number of rotatable bonds is 7. The van der Waals surface area contributed by atoms with Crippen LogP contribution in [0.2, 0.25) is 0 Å². The fourth-order valence-electron chi connectivity index (χ4n) is 4.53. The number of para-hydroxylation sites is 2. The number of hydrogen-bond donors (Lipinski definition) is 2. The quantitative estimate of drug-likeness (QED) is 0.614. The minimum Gasteiger partial charge on any atom is -0.490 e. The minimum atomic E-state index is -4.81. The Kier molecular flexibility index (Phi) is 6.59. The number of aromatic nitrogens is 1. The highest BCUT2D eigenvalue weighted by molar-refractivity contribution is 7.09. The number of carboxylic acid groups (broad SMARTS) is 1. The van der Waals surface area contributed by atoms with Gasteiger partial charge >= 0.3 is 12.3 Å². The molecule has 11 heteroatoms. The molecule has 1 aromatic carbocycles. The first-order valence-corrected chi connectivity index (χ1v) is 11.1. The molecule has 0 radical (unpaired) electrons. The third-order valence-electron chi connectivity index (χ3n) is 5.90. The number of benzene rings is 1. The van der Waals surface area contributed by atoms with E-state index in [-0.39, 0.29) is 42.1 Å². The van der Waals surface area contributed by atoms with E-state index in [1.165, 1.54) is 34.9 Å². The Balaban J connectivity index is 1.33. The van der Waals surface area contributed by atoms with Crippen molar-refractivity contribution in [1.29, 1.82) is 0 Å². The van der Waals surface area contributed by atoms with E-state index in [0.29, 0.717) is 24.3 Å². The number of fused-ring (bicyclic) bond motifs is 1. The summed E-state index contributed by atoms with van der Waals surface area (Å²) in [5, 5.41) is 21.7. The van der Waals surface area contributed by atoms with Crippen LogP contribution in [-0.4, -0.2) is 46.3 Å². The summed E-state index contributed by atoms with van der Waals surface area (Å²) in [6, 6.07) is 5.58.